The quantitative estimate of drug-likeness (QED) is 0.239. The summed E-state index contributed by atoms with van der Waals surface area (Å²) in [7, 11) is 0. The van der Waals surface area contributed by atoms with Crippen molar-refractivity contribution in [2.45, 2.75) is 40.0 Å². The lowest BCUT2D eigenvalue weighted by Crippen LogP contribution is -2.02. The van der Waals surface area contributed by atoms with Crippen molar-refractivity contribution in [2.75, 3.05) is 0 Å². The van der Waals surface area contributed by atoms with Gasteiger partial charge in [-0.15, -0.1) is 0 Å². The number of carbonyl (C=O) groups is 2. The highest BCUT2D eigenvalue weighted by Gasteiger charge is 2.22. The number of hydrogen-bond donors (Lipinski definition) is 0. The van der Waals surface area contributed by atoms with Gasteiger partial charge in [-0.1, -0.05) is 38.4 Å². The summed E-state index contributed by atoms with van der Waals surface area (Å²) >= 11 is 6.52. The number of halogens is 2. The minimum Gasteiger partial charge on any atom is -0.455 e. The van der Waals surface area contributed by atoms with Gasteiger partial charge in [-0.25, -0.2) is 4.39 Å². The normalized spacial score (nSPS) is 11.4. The molecule has 174 valence electrons. The Kier molecular flexibility index (Phi) is 6.99. The number of rotatable bonds is 8. The van der Waals surface area contributed by atoms with Crippen molar-refractivity contribution in [3.63, 3.8) is 0 Å². The van der Waals surface area contributed by atoms with Crippen LogP contribution in [0.1, 0.15) is 60.7 Å². The van der Waals surface area contributed by atoms with E-state index in [0.717, 1.165) is 17.5 Å². The number of ketones is 2. The summed E-state index contributed by atoms with van der Waals surface area (Å²) in [6, 6.07) is 16.7. The molecule has 0 aliphatic heterocycles. The molecule has 0 unspecified atom stereocenters. The zero-order chi connectivity index (χ0) is 24.4. The van der Waals surface area contributed by atoms with Crippen LogP contribution in [0.3, 0.4) is 0 Å². The van der Waals surface area contributed by atoms with Crippen LogP contribution in [0.2, 0.25) is 5.02 Å². The molecule has 0 atom stereocenters. The van der Waals surface area contributed by atoms with Crippen LogP contribution in [0, 0.1) is 11.7 Å². The van der Waals surface area contributed by atoms with Gasteiger partial charge in [0.05, 0.1) is 5.56 Å². The molecule has 0 spiro atoms. The molecule has 4 rings (SSSR count). The van der Waals surface area contributed by atoms with E-state index in [4.69, 9.17) is 16.0 Å². The number of benzene rings is 3. The molecule has 0 N–H and O–H groups in total. The van der Waals surface area contributed by atoms with E-state index in [0.29, 0.717) is 57.2 Å². The number of carbonyl (C=O) groups excluding carboxylic acids is 2. The van der Waals surface area contributed by atoms with Gasteiger partial charge >= 0.3 is 0 Å². The first-order chi connectivity index (χ1) is 16.3. The maximum Gasteiger partial charge on any atom is 0.167 e. The predicted octanol–water partition coefficient (Wildman–Crippen LogP) is 8.77. The number of hydrogen-bond acceptors (Lipinski definition) is 3. The Hall–Kier alpha value is -3.24. The van der Waals surface area contributed by atoms with Crippen LogP contribution < -0.4 is 0 Å². The van der Waals surface area contributed by atoms with Crippen molar-refractivity contribution in [1.82, 2.24) is 0 Å². The highest BCUT2D eigenvalue weighted by atomic mass is 35.5. The first-order valence-electron chi connectivity index (χ1n) is 11.5. The zero-order valence-electron chi connectivity index (χ0n) is 19.5. The van der Waals surface area contributed by atoms with E-state index < -0.39 is 0 Å². The van der Waals surface area contributed by atoms with Crippen LogP contribution in [-0.4, -0.2) is 11.6 Å². The molecule has 3 nitrogen and oxygen atoms in total. The lowest BCUT2D eigenvalue weighted by molar-refractivity contribution is 0.0972. The average molecular weight is 477 g/mol. The molecule has 0 saturated heterocycles. The van der Waals surface area contributed by atoms with Crippen LogP contribution in [0.5, 0.6) is 0 Å². The number of fused-ring (bicyclic) bond motifs is 1. The van der Waals surface area contributed by atoms with E-state index in [1.807, 2.05) is 18.2 Å². The molecule has 5 heteroatoms. The van der Waals surface area contributed by atoms with Gasteiger partial charge in [-0.2, -0.15) is 0 Å². The van der Waals surface area contributed by atoms with Crippen LogP contribution in [0.15, 0.2) is 65.1 Å². The summed E-state index contributed by atoms with van der Waals surface area (Å²) in [4.78, 5) is 25.6. The summed E-state index contributed by atoms with van der Waals surface area (Å²) in [6.45, 7) is 5.98. The van der Waals surface area contributed by atoms with Crippen molar-refractivity contribution in [3.05, 3.63) is 82.6 Å². The molecule has 1 aromatic heterocycles. The Labute approximate surface area is 203 Å². The van der Waals surface area contributed by atoms with E-state index in [9.17, 15) is 14.0 Å². The lowest BCUT2D eigenvalue weighted by Gasteiger charge is -2.09. The molecule has 3 aromatic carbocycles. The van der Waals surface area contributed by atoms with Gasteiger partial charge in [0.1, 0.15) is 17.2 Å². The lowest BCUT2D eigenvalue weighted by atomic mass is 9.95. The minimum absolute atomic E-state index is 0.0704. The summed E-state index contributed by atoms with van der Waals surface area (Å²) in [6.07, 6.45) is 1.61. The Morgan fingerprint density at radius 2 is 1.65 bits per heavy atom. The van der Waals surface area contributed by atoms with E-state index >= 15 is 0 Å². The van der Waals surface area contributed by atoms with E-state index in [1.165, 1.54) is 12.1 Å². The van der Waals surface area contributed by atoms with Crippen molar-refractivity contribution < 1.29 is 18.4 Å². The Bertz CT molecular complexity index is 1370. The molecular formula is C29H26ClFO3. The van der Waals surface area contributed by atoms with Gasteiger partial charge in [0, 0.05) is 39.9 Å². The Morgan fingerprint density at radius 3 is 2.32 bits per heavy atom. The molecule has 0 aliphatic carbocycles. The number of furan rings is 1. The molecule has 0 amide bonds. The summed E-state index contributed by atoms with van der Waals surface area (Å²) in [5.74, 6) is 0.519. The SMILES string of the molecule is CCC(=O)c1c(-c2ccc(F)cc2)oc2ccc(-c3cc(C(=O)CCC(C)C)ccc3Cl)cc12. The summed E-state index contributed by atoms with van der Waals surface area (Å²) in [5.41, 5.74) is 3.77. The molecule has 4 aromatic rings. The van der Waals surface area contributed by atoms with E-state index in [-0.39, 0.29) is 17.4 Å². The maximum atomic E-state index is 13.5. The highest BCUT2D eigenvalue weighted by Crippen LogP contribution is 2.38. The third-order valence-corrected chi connectivity index (χ3v) is 6.27. The largest absolute Gasteiger partial charge is 0.455 e. The monoisotopic (exact) mass is 476 g/mol. The van der Waals surface area contributed by atoms with Crippen molar-refractivity contribution >= 4 is 34.1 Å². The van der Waals surface area contributed by atoms with Crippen LogP contribution in [0.4, 0.5) is 4.39 Å². The molecule has 0 fully saturated rings. The van der Waals surface area contributed by atoms with Gasteiger partial charge in [-0.05, 0) is 72.5 Å². The topological polar surface area (TPSA) is 47.3 Å². The molecule has 0 aliphatic rings. The van der Waals surface area contributed by atoms with Gasteiger partial charge in [0.25, 0.3) is 0 Å². The van der Waals surface area contributed by atoms with Crippen molar-refractivity contribution in [1.29, 1.82) is 0 Å². The second-order valence-corrected chi connectivity index (χ2v) is 9.26. The van der Waals surface area contributed by atoms with E-state index in [1.54, 1.807) is 37.3 Å². The van der Waals surface area contributed by atoms with Gasteiger partial charge < -0.3 is 4.42 Å². The molecule has 0 saturated carbocycles. The fraction of sp³-hybridized carbons (Fsp3) is 0.241. The van der Waals surface area contributed by atoms with Gasteiger partial charge in [0.2, 0.25) is 0 Å². The van der Waals surface area contributed by atoms with Crippen molar-refractivity contribution in [2.24, 2.45) is 5.92 Å². The second-order valence-electron chi connectivity index (χ2n) is 8.85. The number of Topliss-reactive ketones (excluding diaryl/α,β-unsaturated/α-hetero) is 2. The molecule has 34 heavy (non-hydrogen) atoms. The summed E-state index contributed by atoms with van der Waals surface area (Å²) < 4.78 is 19.5. The van der Waals surface area contributed by atoms with Crippen LogP contribution in [-0.2, 0) is 0 Å². The van der Waals surface area contributed by atoms with Crippen LogP contribution >= 0.6 is 11.6 Å². The standard InChI is InChI=1S/C29H26ClFO3/c1-4-25(32)28-23-15-19(9-14-27(23)34-29(28)18-6-10-21(31)11-7-18)22-16-20(8-12-24(22)30)26(33)13-5-17(2)3/h6-12,14-17H,4-5,13H2,1-3H3. The van der Waals surface area contributed by atoms with Gasteiger partial charge in [0.15, 0.2) is 11.6 Å². The molecule has 0 bridgehead atoms. The Morgan fingerprint density at radius 1 is 0.941 bits per heavy atom. The van der Waals surface area contributed by atoms with Crippen LogP contribution in [0.25, 0.3) is 33.4 Å². The molecule has 0 radical (unpaired) electrons. The van der Waals surface area contributed by atoms with Crippen molar-refractivity contribution in [3.8, 4) is 22.5 Å². The third-order valence-electron chi connectivity index (χ3n) is 5.94. The second kappa shape index (κ2) is 9.94. The molecule has 1 heterocycles. The fourth-order valence-corrected chi connectivity index (χ4v) is 4.23. The first-order valence-corrected chi connectivity index (χ1v) is 11.8. The maximum absolute atomic E-state index is 13.5. The smallest absolute Gasteiger partial charge is 0.167 e. The predicted molar refractivity (Wildman–Crippen MR) is 135 cm³/mol. The average Bonchev–Trinajstić information content (AvgIpc) is 3.21. The van der Waals surface area contributed by atoms with Gasteiger partial charge in [-0.3, -0.25) is 9.59 Å². The van der Waals surface area contributed by atoms with E-state index in [2.05, 4.69) is 13.8 Å². The first kappa shape index (κ1) is 23.9. The fourth-order valence-electron chi connectivity index (χ4n) is 4.01. The minimum atomic E-state index is -0.358. The third kappa shape index (κ3) is 4.83. The molecular weight excluding hydrogens is 451 g/mol. The zero-order valence-corrected chi connectivity index (χ0v) is 20.2. The summed E-state index contributed by atoms with van der Waals surface area (Å²) in [5, 5.41) is 1.18. The highest BCUT2D eigenvalue weighted by molar-refractivity contribution is 6.33. The Balaban J connectivity index is 1.82.